The summed E-state index contributed by atoms with van der Waals surface area (Å²) in [5.74, 6) is 0.502. The van der Waals surface area contributed by atoms with Gasteiger partial charge in [0.05, 0.1) is 24.4 Å². The Kier molecular flexibility index (Phi) is 6.27. The van der Waals surface area contributed by atoms with Crippen LogP contribution in [0.1, 0.15) is 62.1 Å². The number of hydrogen-bond acceptors (Lipinski definition) is 6. The van der Waals surface area contributed by atoms with Crippen LogP contribution in [0, 0.1) is 0 Å². The molecule has 8 heteroatoms. The first-order valence-corrected chi connectivity index (χ1v) is 12.0. The predicted molar refractivity (Wildman–Crippen MR) is 124 cm³/mol. The normalized spacial score (nSPS) is 21.3. The molecule has 2 amide bonds. The Morgan fingerprint density at radius 3 is 2.66 bits per heavy atom. The molecule has 4 rings (SSSR count). The molecule has 0 radical (unpaired) electrons. The molecular formula is C24H31N3O4S. The van der Waals surface area contributed by atoms with E-state index < -0.39 is 0 Å². The van der Waals surface area contributed by atoms with Crippen molar-refractivity contribution in [1.82, 2.24) is 9.88 Å². The fourth-order valence-electron chi connectivity index (χ4n) is 4.12. The highest BCUT2D eigenvalue weighted by molar-refractivity contribution is 7.09. The van der Waals surface area contributed by atoms with Crippen molar-refractivity contribution in [3.63, 3.8) is 0 Å². The van der Waals surface area contributed by atoms with E-state index in [2.05, 4.69) is 31.8 Å². The molecule has 7 nitrogen and oxygen atoms in total. The summed E-state index contributed by atoms with van der Waals surface area (Å²) in [6.07, 6.45) is 0.992. The van der Waals surface area contributed by atoms with Gasteiger partial charge in [-0.3, -0.25) is 14.5 Å². The molecule has 1 aromatic heterocycles. The Bertz CT molecular complexity index is 1010. The van der Waals surface area contributed by atoms with Crippen LogP contribution in [0.4, 0.5) is 5.69 Å². The highest BCUT2D eigenvalue weighted by Crippen LogP contribution is 2.38. The Labute approximate surface area is 193 Å². The molecule has 0 aliphatic carbocycles. The quantitative estimate of drug-likeness (QED) is 0.679. The summed E-state index contributed by atoms with van der Waals surface area (Å²) in [7, 11) is 0. The lowest BCUT2D eigenvalue weighted by atomic mass is 9.82. The van der Waals surface area contributed by atoms with Crippen LogP contribution in [0.25, 0.3) is 0 Å². The second-order valence-electron chi connectivity index (χ2n) is 9.28. The van der Waals surface area contributed by atoms with Crippen molar-refractivity contribution in [2.45, 2.75) is 65.2 Å². The molecule has 1 fully saturated rings. The average Bonchev–Trinajstić information content (AvgIpc) is 3.22. The fraction of sp³-hybridized carbons (Fsp3) is 0.542. The molecule has 2 unspecified atom stereocenters. The number of aromatic nitrogens is 1. The van der Waals surface area contributed by atoms with Crippen LogP contribution in [-0.2, 0) is 21.5 Å². The average molecular weight is 458 g/mol. The molecule has 0 saturated carbocycles. The van der Waals surface area contributed by atoms with Crippen LogP contribution >= 0.6 is 11.3 Å². The van der Waals surface area contributed by atoms with Crippen molar-refractivity contribution in [2.24, 2.45) is 0 Å². The maximum absolute atomic E-state index is 13.0. The molecule has 0 spiro atoms. The number of amides is 2. The Morgan fingerprint density at radius 1 is 1.25 bits per heavy atom. The first-order valence-electron chi connectivity index (χ1n) is 11.1. The van der Waals surface area contributed by atoms with Crippen molar-refractivity contribution in [2.75, 3.05) is 24.6 Å². The Balaban J connectivity index is 1.55. The van der Waals surface area contributed by atoms with Gasteiger partial charge in [-0.15, -0.1) is 11.3 Å². The topological polar surface area (TPSA) is 72.0 Å². The highest BCUT2D eigenvalue weighted by atomic mass is 32.1. The number of hydrogen-bond donors (Lipinski definition) is 0. The molecule has 172 valence electrons. The SMILES string of the molecule is CCC(C)(C)c1ccc2c(c1)N(Cc1nc(C(=O)N3CC(C)OC(C)C3)cs1)C(=O)CO2. The van der Waals surface area contributed by atoms with Gasteiger partial charge in [0.15, 0.2) is 6.61 Å². The van der Waals surface area contributed by atoms with E-state index in [1.165, 1.54) is 11.3 Å². The second-order valence-corrected chi connectivity index (χ2v) is 10.2. The van der Waals surface area contributed by atoms with Gasteiger partial charge >= 0.3 is 0 Å². The summed E-state index contributed by atoms with van der Waals surface area (Å²) in [5.41, 5.74) is 2.34. The van der Waals surface area contributed by atoms with Crippen LogP contribution < -0.4 is 9.64 Å². The molecule has 2 atom stereocenters. The maximum Gasteiger partial charge on any atom is 0.273 e. The van der Waals surface area contributed by atoms with E-state index in [1.807, 2.05) is 26.0 Å². The third-order valence-corrected chi connectivity index (χ3v) is 7.17. The molecular weight excluding hydrogens is 426 g/mol. The minimum Gasteiger partial charge on any atom is -0.482 e. The Morgan fingerprint density at radius 2 is 1.97 bits per heavy atom. The van der Waals surface area contributed by atoms with Gasteiger partial charge in [-0.05, 0) is 43.4 Å². The molecule has 0 N–H and O–H groups in total. The smallest absolute Gasteiger partial charge is 0.273 e. The van der Waals surface area contributed by atoms with Crippen LogP contribution in [0.5, 0.6) is 5.75 Å². The van der Waals surface area contributed by atoms with Crippen molar-refractivity contribution < 1.29 is 19.1 Å². The number of carbonyl (C=O) groups excluding carboxylic acids is 2. The van der Waals surface area contributed by atoms with Gasteiger partial charge in [-0.2, -0.15) is 0 Å². The van der Waals surface area contributed by atoms with Crippen LogP contribution in [0.3, 0.4) is 0 Å². The van der Waals surface area contributed by atoms with E-state index in [0.29, 0.717) is 31.1 Å². The van der Waals surface area contributed by atoms with Crippen LogP contribution in [0.2, 0.25) is 0 Å². The molecule has 1 aromatic carbocycles. The van der Waals surface area contributed by atoms with Crippen molar-refractivity contribution in [1.29, 1.82) is 0 Å². The monoisotopic (exact) mass is 457 g/mol. The molecule has 2 aliphatic rings. The fourth-order valence-corrected chi connectivity index (χ4v) is 4.88. The number of ether oxygens (including phenoxy) is 2. The predicted octanol–water partition coefficient (Wildman–Crippen LogP) is 4.01. The van der Waals surface area contributed by atoms with Gasteiger partial charge in [0.25, 0.3) is 11.8 Å². The van der Waals surface area contributed by atoms with Gasteiger partial charge in [-0.1, -0.05) is 26.8 Å². The zero-order valence-electron chi connectivity index (χ0n) is 19.4. The lowest BCUT2D eigenvalue weighted by Crippen LogP contribution is -2.48. The third kappa shape index (κ3) is 4.52. The standard InChI is InChI=1S/C24H31N3O4S/c1-6-24(4,5)17-7-8-20-19(9-17)27(22(28)13-30-20)12-21-25-18(14-32-21)23(29)26-10-15(2)31-16(3)11-26/h7-9,14-16H,6,10-13H2,1-5H3. The Hall–Kier alpha value is -2.45. The highest BCUT2D eigenvalue weighted by Gasteiger charge is 2.31. The largest absolute Gasteiger partial charge is 0.482 e. The minimum atomic E-state index is -0.108. The van der Waals surface area contributed by atoms with E-state index in [-0.39, 0.29) is 36.0 Å². The summed E-state index contributed by atoms with van der Waals surface area (Å²) in [6.45, 7) is 11.9. The second kappa shape index (κ2) is 8.83. The molecule has 32 heavy (non-hydrogen) atoms. The van der Waals surface area contributed by atoms with E-state index in [0.717, 1.165) is 22.7 Å². The summed E-state index contributed by atoms with van der Waals surface area (Å²) < 4.78 is 11.4. The summed E-state index contributed by atoms with van der Waals surface area (Å²) in [4.78, 5) is 33.8. The first kappa shape index (κ1) is 22.7. The van der Waals surface area contributed by atoms with Gasteiger partial charge in [0.1, 0.15) is 16.5 Å². The molecule has 3 heterocycles. The van der Waals surface area contributed by atoms with Crippen molar-refractivity contribution in [3.05, 3.63) is 39.8 Å². The number of nitrogens with zero attached hydrogens (tertiary/aromatic N) is 3. The summed E-state index contributed by atoms with van der Waals surface area (Å²) >= 11 is 1.40. The molecule has 2 aromatic rings. The maximum atomic E-state index is 13.0. The van der Waals surface area contributed by atoms with Crippen LogP contribution in [-0.4, -0.2) is 53.6 Å². The van der Waals surface area contributed by atoms with E-state index in [4.69, 9.17) is 9.47 Å². The van der Waals surface area contributed by atoms with E-state index in [9.17, 15) is 9.59 Å². The minimum absolute atomic E-state index is 0.00420. The number of anilines is 1. The number of thiazole rings is 1. The number of carbonyl (C=O) groups is 2. The lowest BCUT2D eigenvalue weighted by molar-refractivity contribution is -0.121. The van der Waals surface area contributed by atoms with E-state index in [1.54, 1.807) is 15.2 Å². The van der Waals surface area contributed by atoms with Crippen molar-refractivity contribution >= 4 is 28.8 Å². The van der Waals surface area contributed by atoms with Gasteiger partial charge in [-0.25, -0.2) is 4.98 Å². The van der Waals surface area contributed by atoms with Gasteiger partial charge < -0.3 is 14.4 Å². The molecule has 0 bridgehead atoms. The number of rotatable bonds is 5. The van der Waals surface area contributed by atoms with Crippen LogP contribution in [0.15, 0.2) is 23.6 Å². The summed E-state index contributed by atoms with van der Waals surface area (Å²) in [6, 6.07) is 6.06. The van der Waals surface area contributed by atoms with Crippen molar-refractivity contribution in [3.8, 4) is 5.75 Å². The lowest BCUT2D eigenvalue weighted by Gasteiger charge is -2.34. The number of morpholine rings is 1. The zero-order valence-corrected chi connectivity index (χ0v) is 20.2. The summed E-state index contributed by atoms with van der Waals surface area (Å²) in [5, 5.41) is 2.51. The number of fused-ring (bicyclic) bond motifs is 1. The van der Waals surface area contributed by atoms with Gasteiger partial charge in [0, 0.05) is 18.5 Å². The first-order chi connectivity index (χ1) is 15.2. The molecule has 2 aliphatic heterocycles. The zero-order chi connectivity index (χ0) is 23.0. The van der Waals surface area contributed by atoms with Gasteiger partial charge in [0.2, 0.25) is 0 Å². The number of benzene rings is 1. The van der Waals surface area contributed by atoms with E-state index >= 15 is 0 Å². The third-order valence-electron chi connectivity index (χ3n) is 6.34. The molecule has 1 saturated heterocycles.